The summed E-state index contributed by atoms with van der Waals surface area (Å²) in [5, 5.41) is 0. The lowest BCUT2D eigenvalue weighted by atomic mass is 10.00. The van der Waals surface area contributed by atoms with Crippen molar-refractivity contribution >= 4 is 17.6 Å². The van der Waals surface area contributed by atoms with Crippen LogP contribution in [-0.2, 0) is 11.3 Å². The Labute approximate surface area is 267 Å². The molecule has 4 N–H and O–H groups in total. The van der Waals surface area contributed by atoms with Crippen molar-refractivity contribution in [1.29, 1.82) is 0 Å². The van der Waals surface area contributed by atoms with Crippen molar-refractivity contribution in [2.45, 2.75) is 64.2 Å². The second kappa shape index (κ2) is 15.5. The molecule has 0 atom stereocenters. The molecule has 240 valence electrons. The smallest absolute Gasteiger partial charge is 0.253 e. The molecule has 0 spiro atoms. The van der Waals surface area contributed by atoms with Gasteiger partial charge in [0.05, 0.1) is 18.3 Å². The summed E-state index contributed by atoms with van der Waals surface area (Å²) in [5.74, 6) is -0.432. The van der Waals surface area contributed by atoms with Crippen LogP contribution in [0.4, 0.5) is 5.82 Å². The van der Waals surface area contributed by atoms with E-state index in [1.54, 1.807) is 12.3 Å². The van der Waals surface area contributed by atoms with Crippen LogP contribution in [0.25, 0.3) is 11.1 Å². The van der Waals surface area contributed by atoms with Gasteiger partial charge in [0.25, 0.3) is 11.8 Å². The summed E-state index contributed by atoms with van der Waals surface area (Å²) in [6.07, 6.45) is 9.38. The predicted molar refractivity (Wildman–Crippen MR) is 179 cm³/mol. The number of hydrogen-bond acceptors (Lipinski definition) is 7. The maximum Gasteiger partial charge on any atom is 0.253 e. The molecule has 0 bridgehead atoms. The molecule has 1 aliphatic carbocycles. The van der Waals surface area contributed by atoms with Crippen LogP contribution in [0.15, 0.2) is 60.8 Å². The number of piperidine rings is 1. The fourth-order valence-electron chi connectivity index (χ4n) is 6.51. The van der Waals surface area contributed by atoms with Crippen molar-refractivity contribution in [2.75, 3.05) is 52.0 Å². The van der Waals surface area contributed by atoms with Gasteiger partial charge in [-0.25, -0.2) is 4.98 Å². The number of piperazine rings is 1. The molecule has 2 amide bonds. The van der Waals surface area contributed by atoms with Crippen LogP contribution in [0.1, 0.15) is 70.4 Å². The number of nitrogens with two attached hydrogens (primary N) is 2. The Hall–Kier alpha value is -3.79. The highest BCUT2D eigenvalue weighted by Crippen LogP contribution is 2.25. The monoisotopic (exact) mass is 612 g/mol. The quantitative estimate of drug-likeness (QED) is 0.396. The largest absolute Gasteiger partial charge is 0.383 e. The van der Waals surface area contributed by atoms with Crippen LogP contribution >= 0.6 is 0 Å². The molecule has 3 heterocycles. The van der Waals surface area contributed by atoms with Gasteiger partial charge in [-0.2, -0.15) is 0 Å². The lowest BCUT2D eigenvalue weighted by molar-refractivity contribution is 0.0456. The molecular weight excluding hydrogens is 564 g/mol. The van der Waals surface area contributed by atoms with E-state index in [4.69, 9.17) is 16.2 Å². The molecule has 0 unspecified atom stereocenters. The molecule has 2 saturated heterocycles. The van der Waals surface area contributed by atoms with Crippen LogP contribution in [-0.4, -0.2) is 90.0 Å². The Kier molecular flexibility index (Phi) is 11.2. The number of carbonyl (C=O) groups is 2. The average Bonchev–Trinajstić information content (AvgIpc) is 3.59. The SMILES string of the molecule is CN1CCN(C2CCN(C(=O)c3ccc(-c4cnc(N)c(C(N)=O)c4)cc3)CC2)CC1.Cc1cccc(COC2CCCC2)c1. The van der Waals surface area contributed by atoms with E-state index < -0.39 is 5.91 Å². The molecule has 3 aliphatic rings. The topological polar surface area (TPSA) is 118 Å². The molecular formula is C36H48N6O3. The predicted octanol–water partition coefficient (Wildman–Crippen LogP) is 4.74. The molecule has 1 saturated carbocycles. The number of nitrogens with zero attached hydrogens (tertiary/aromatic N) is 4. The van der Waals surface area contributed by atoms with E-state index in [2.05, 4.69) is 53.0 Å². The summed E-state index contributed by atoms with van der Waals surface area (Å²) in [6, 6.07) is 18.2. The van der Waals surface area contributed by atoms with Gasteiger partial charge in [0.15, 0.2) is 0 Å². The second-order valence-corrected chi connectivity index (χ2v) is 12.7. The highest BCUT2D eigenvalue weighted by atomic mass is 16.5. The van der Waals surface area contributed by atoms with Crippen molar-refractivity contribution < 1.29 is 14.3 Å². The zero-order valence-corrected chi connectivity index (χ0v) is 26.8. The van der Waals surface area contributed by atoms with Gasteiger partial charge < -0.3 is 26.0 Å². The summed E-state index contributed by atoms with van der Waals surface area (Å²) in [7, 11) is 2.17. The fraction of sp³-hybridized carbons (Fsp3) is 0.472. The molecule has 9 nitrogen and oxygen atoms in total. The number of aryl methyl sites for hydroxylation is 1. The van der Waals surface area contributed by atoms with E-state index in [-0.39, 0.29) is 17.3 Å². The van der Waals surface area contributed by atoms with Crippen molar-refractivity contribution in [1.82, 2.24) is 19.7 Å². The highest BCUT2D eigenvalue weighted by Gasteiger charge is 2.29. The summed E-state index contributed by atoms with van der Waals surface area (Å²) in [5.41, 5.74) is 16.1. The highest BCUT2D eigenvalue weighted by molar-refractivity contribution is 5.98. The number of carbonyl (C=O) groups excluding carboxylic acids is 2. The third kappa shape index (κ3) is 8.90. The number of anilines is 1. The van der Waals surface area contributed by atoms with Crippen LogP contribution < -0.4 is 11.5 Å². The third-order valence-corrected chi connectivity index (χ3v) is 9.33. The van der Waals surface area contributed by atoms with Gasteiger partial charge in [0.1, 0.15) is 5.82 Å². The minimum Gasteiger partial charge on any atom is -0.383 e. The number of likely N-dealkylation sites (N-methyl/N-ethyl adjacent to an activating group) is 1. The summed E-state index contributed by atoms with van der Waals surface area (Å²) >= 11 is 0. The number of amides is 2. The van der Waals surface area contributed by atoms with E-state index in [1.807, 2.05) is 29.2 Å². The van der Waals surface area contributed by atoms with Gasteiger partial charge in [-0.1, -0.05) is 54.8 Å². The number of hydrogen-bond donors (Lipinski definition) is 2. The zero-order valence-electron chi connectivity index (χ0n) is 26.8. The second-order valence-electron chi connectivity index (χ2n) is 12.7. The van der Waals surface area contributed by atoms with Gasteiger partial charge in [0.2, 0.25) is 0 Å². The lowest BCUT2D eigenvalue weighted by Crippen LogP contribution is -2.52. The summed E-state index contributed by atoms with van der Waals surface area (Å²) < 4.78 is 5.84. The van der Waals surface area contributed by atoms with E-state index in [0.29, 0.717) is 17.7 Å². The number of pyridine rings is 1. The standard InChI is InChI=1S/C23H30N6O2.C13H18O/c1-27-10-12-28(13-11-27)19-6-8-29(9-7-19)23(31)17-4-2-16(3-5-17)18-14-20(22(25)30)21(24)26-15-18;1-11-5-4-6-12(9-11)10-14-13-7-2-3-8-13/h2-5,14-15,19H,6-13H2,1H3,(H2,24,26)(H2,25,30);4-6,9,13H,2-3,7-8,10H2,1H3. The first-order chi connectivity index (χ1) is 21.8. The van der Waals surface area contributed by atoms with Crippen molar-refractivity contribution in [3.63, 3.8) is 0 Å². The number of ether oxygens (including phenoxy) is 1. The summed E-state index contributed by atoms with van der Waals surface area (Å²) in [4.78, 5) is 35.4. The van der Waals surface area contributed by atoms with Crippen LogP contribution in [0.3, 0.4) is 0 Å². The molecule has 0 radical (unpaired) electrons. The molecule has 3 fully saturated rings. The van der Waals surface area contributed by atoms with Crippen LogP contribution in [0.2, 0.25) is 0 Å². The van der Waals surface area contributed by atoms with Gasteiger partial charge in [-0.15, -0.1) is 0 Å². The molecule has 3 aromatic rings. The maximum atomic E-state index is 13.0. The van der Waals surface area contributed by atoms with Crippen LogP contribution in [0, 0.1) is 6.92 Å². The molecule has 1 aromatic heterocycles. The number of likely N-dealkylation sites (tertiary alicyclic amines) is 1. The van der Waals surface area contributed by atoms with Crippen LogP contribution in [0.5, 0.6) is 0 Å². The first kappa shape index (κ1) is 32.6. The van der Waals surface area contributed by atoms with E-state index in [1.165, 1.54) is 36.8 Å². The van der Waals surface area contributed by atoms with Gasteiger partial charge >= 0.3 is 0 Å². The Bertz CT molecular complexity index is 1420. The number of primary amides is 1. The lowest BCUT2D eigenvalue weighted by Gasteiger charge is -2.42. The van der Waals surface area contributed by atoms with Gasteiger partial charge in [0, 0.05) is 62.6 Å². The average molecular weight is 613 g/mol. The molecule has 9 heteroatoms. The number of aromatic nitrogens is 1. The van der Waals surface area contributed by atoms with Gasteiger partial charge in [-0.05, 0) is 69.0 Å². The van der Waals surface area contributed by atoms with E-state index in [0.717, 1.165) is 69.8 Å². The first-order valence-electron chi connectivity index (χ1n) is 16.3. The fourth-order valence-corrected chi connectivity index (χ4v) is 6.51. The zero-order chi connectivity index (χ0) is 31.8. The molecule has 45 heavy (non-hydrogen) atoms. The normalized spacial score (nSPS) is 18.4. The van der Waals surface area contributed by atoms with Crippen molar-refractivity contribution in [3.05, 3.63) is 83.0 Å². The Morgan fingerprint density at radius 2 is 1.58 bits per heavy atom. The van der Waals surface area contributed by atoms with Gasteiger partial charge in [-0.3, -0.25) is 14.5 Å². The Morgan fingerprint density at radius 3 is 2.22 bits per heavy atom. The number of rotatable bonds is 7. The maximum absolute atomic E-state index is 13.0. The van der Waals surface area contributed by atoms with Crippen molar-refractivity contribution in [2.24, 2.45) is 5.73 Å². The Morgan fingerprint density at radius 1 is 0.889 bits per heavy atom. The number of nitrogen functional groups attached to an aromatic ring is 1. The van der Waals surface area contributed by atoms with E-state index >= 15 is 0 Å². The summed E-state index contributed by atoms with van der Waals surface area (Å²) in [6.45, 7) is 8.97. The molecule has 6 rings (SSSR count). The minimum atomic E-state index is -0.612. The number of benzene rings is 2. The minimum absolute atomic E-state index is 0.0663. The first-order valence-corrected chi connectivity index (χ1v) is 16.3. The van der Waals surface area contributed by atoms with Crippen molar-refractivity contribution in [3.8, 4) is 11.1 Å². The Balaban J connectivity index is 0.000000238. The molecule has 2 aliphatic heterocycles. The van der Waals surface area contributed by atoms with E-state index in [9.17, 15) is 9.59 Å². The molecule has 2 aromatic carbocycles. The third-order valence-electron chi connectivity index (χ3n) is 9.33.